The van der Waals surface area contributed by atoms with Crippen LogP contribution in [0.2, 0.25) is 0 Å². The molecule has 0 amide bonds. The number of rotatable bonds is 5. The number of thiophene rings is 1. The van der Waals surface area contributed by atoms with Gasteiger partial charge in [0.15, 0.2) is 0 Å². The summed E-state index contributed by atoms with van der Waals surface area (Å²) in [5.74, 6) is 0. The molecule has 4 heteroatoms. The van der Waals surface area contributed by atoms with E-state index in [0.29, 0.717) is 0 Å². The first-order valence-electron chi connectivity index (χ1n) is 6.42. The molecule has 0 saturated heterocycles. The van der Waals surface area contributed by atoms with Gasteiger partial charge in [0.1, 0.15) is 0 Å². The Balaban J connectivity index is 2.30. The molecule has 3 nitrogen and oxygen atoms in total. The van der Waals surface area contributed by atoms with Crippen LogP contribution in [0, 0.1) is 13.8 Å². The van der Waals surface area contributed by atoms with Gasteiger partial charge in [-0.15, -0.1) is 11.3 Å². The summed E-state index contributed by atoms with van der Waals surface area (Å²) in [6.45, 7) is 7.44. The second-order valence-corrected chi connectivity index (χ2v) is 5.99. The molecule has 0 aliphatic heterocycles. The standard InChI is InChI=1S/C14H21N3S/c1-5-8-15-14(13-7-6-11(3)18-13)12-9-10(2)17(4)16-12/h6-7,9,14-15H,5,8H2,1-4H3. The van der Waals surface area contributed by atoms with Gasteiger partial charge in [-0.1, -0.05) is 6.92 Å². The summed E-state index contributed by atoms with van der Waals surface area (Å²) >= 11 is 1.84. The fourth-order valence-corrected chi connectivity index (χ4v) is 2.94. The second kappa shape index (κ2) is 5.67. The lowest BCUT2D eigenvalue weighted by molar-refractivity contribution is 0.581. The first-order valence-corrected chi connectivity index (χ1v) is 7.23. The Labute approximate surface area is 113 Å². The zero-order valence-corrected chi connectivity index (χ0v) is 12.3. The maximum Gasteiger partial charge on any atom is 0.0863 e. The Bertz CT molecular complexity index is 493. The molecule has 1 N–H and O–H groups in total. The van der Waals surface area contributed by atoms with Gasteiger partial charge in [0.25, 0.3) is 0 Å². The molecule has 0 fully saturated rings. The SMILES string of the molecule is CCCNC(c1cc(C)n(C)n1)c1ccc(C)s1. The first-order chi connectivity index (χ1) is 8.61. The average molecular weight is 263 g/mol. The van der Waals surface area contributed by atoms with Crippen molar-refractivity contribution in [3.63, 3.8) is 0 Å². The number of hydrogen-bond acceptors (Lipinski definition) is 3. The molecule has 98 valence electrons. The van der Waals surface area contributed by atoms with E-state index in [0.717, 1.165) is 18.7 Å². The molecular formula is C14H21N3S. The highest BCUT2D eigenvalue weighted by Gasteiger charge is 2.18. The molecule has 2 rings (SSSR count). The summed E-state index contributed by atoms with van der Waals surface area (Å²) in [4.78, 5) is 2.69. The van der Waals surface area contributed by atoms with Gasteiger partial charge in [0, 0.05) is 22.5 Å². The van der Waals surface area contributed by atoms with Gasteiger partial charge in [0.05, 0.1) is 11.7 Å². The van der Waals surface area contributed by atoms with Crippen molar-refractivity contribution in [3.05, 3.63) is 39.3 Å². The Morgan fingerprint density at radius 2 is 2.17 bits per heavy atom. The Hall–Kier alpha value is -1.13. The number of aromatic nitrogens is 2. The van der Waals surface area contributed by atoms with Crippen LogP contribution in [0.1, 0.15) is 40.5 Å². The van der Waals surface area contributed by atoms with E-state index in [1.54, 1.807) is 0 Å². The Kier molecular flexibility index (Phi) is 4.19. The fraction of sp³-hybridized carbons (Fsp3) is 0.500. The van der Waals surface area contributed by atoms with E-state index < -0.39 is 0 Å². The first kappa shape index (κ1) is 13.3. The van der Waals surface area contributed by atoms with Gasteiger partial charge in [-0.3, -0.25) is 4.68 Å². The van der Waals surface area contributed by atoms with Crippen molar-refractivity contribution < 1.29 is 0 Å². The van der Waals surface area contributed by atoms with Crippen molar-refractivity contribution >= 4 is 11.3 Å². The number of nitrogens with zero attached hydrogens (tertiary/aromatic N) is 2. The predicted octanol–water partition coefficient (Wildman–Crippen LogP) is 3.19. The molecule has 0 aliphatic carbocycles. The van der Waals surface area contributed by atoms with Crippen LogP contribution in [-0.4, -0.2) is 16.3 Å². The second-order valence-electron chi connectivity index (χ2n) is 4.67. The number of aryl methyl sites for hydroxylation is 3. The molecule has 18 heavy (non-hydrogen) atoms. The summed E-state index contributed by atoms with van der Waals surface area (Å²) in [5, 5.41) is 8.20. The maximum atomic E-state index is 4.61. The lowest BCUT2D eigenvalue weighted by Crippen LogP contribution is -2.22. The molecule has 0 bridgehead atoms. The molecule has 0 saturated carbocycles. The van der Waals surface area contributed by atoms with Crippen LogP contribution < -0.4 is 5.32 Å². The number of nitrogens with one attached hydrogen (secondary N) is 1. The van der Waals surface area contributed by atoms with Crippen molar-refractivity contribution in [3.8, 4) is 0 Å². The van der Waals surface area contributed by atoms with Crippen LogP contribution >= 0.6 is 11.3 Å². The smallest absolute Gasteiger partial charge is 0.0863 e. The van der Waals surface area contributed by atoms with E-state index >= 15 is 0 Å². The third kappa shape index (κ3) is 2.82. The quantitative estimate of drug-likeness (QED) is 0.898. The van der Waals surface area contributed by atoms with E-state index in [4.69, 9.17) is 0 Å². The van der Waals surface area contributed by atoms with Gasteiger partial charge in [0.2, 0.25) is 0 Å². The highest BCUT2D eigenvalue weighted by atomic mass is 32.1. The van der Waals surface area contributed by atoms with Crippen molar-refractivity contribution in [2.24, 2.45) is 7.05 Å². The van der Waals surface area contributed by atoms with Gasteiger partial charge in [-0.25, -0.2) is 0 Å². The summed E-state index contributed by atoms with van der Waals surface area (Å²) in [6, 6.07) is 6.78. The van der Waals surface area contributed by atoms with Crippen molar-refractivity contribution in [1.29, 1.82) is 0 Å². The minimum absolute atomic E-state index is 0.226. The van der Waals surface area contributed by atoms with Crippen LogP contribution in [0.4, 0.5) is 0 Å². The lowest BCUT2D eigenvalue weighted by atomic mass is 10.1. The van der Waals surface area contributed by atoms with Crippen LogP contribution in [0.25, 0.3) is 0 Å². The molecule has 0 spiro atoms. The molecule has 0 radical (unpaired) electrons. The van der Waals surface area contributed by atoms with Gasteiger partial charge >= 0.3 is 0 Å². The summed E-state index contributed by atoms with van der Waals surface area (Å²) in [6.07, 6.45) is 1.13. The van der Waals surface area contributed by atoms with Gasteiger partial charge < -0.3 is 5.32 Å². The minimum Gasteiger partial charge on any atom is -0.304 e. The van der Waals surface area contributed by atoms with Crippen LogP contribution in [-0.2, 0) is 7.05 Å². The summed E-state index contributed by atoms with van der Waals surface area (Å²) < 4.78 is 1.94. The zero-order valence-electron chi connectivity index (χ0n) is 11.5. The highest BCUT2D eigenvalue weighted by Crippen LogP contribution is 2.27. The van der Waals surface area contributed by atoms with Crippen molar-refractivity contribution in [2.75, 3.05) is 6.54 Å². The van der Waals surface area contributed by atoms with E-state index in [1.165, 1.54) is 15.4 Å². The van der Waals surface area contributed by atoms with E-state index in [1.807, 2.05) is 23.1 Å². The minimum atomic E-state index is 0.226. The van der Waals surface area contributed by atoms with Gasteiger partial charge in [-0.2, -0.15) is 5.10 Å². The monoisotopic (exact) mass is 263 g/mol. The van der Waals surface area contributed by atoms with Crippen LogP contribution in [0.3, 0.4) is 0 Å². The van der Waals surface area contributed by atoms with Crippen LogP contribution in [0.5, 0.6) is 0 Å². The van der Waals surface area contributed by atoms with Gasteiger partial charge in [-0.05, 0) is 45.0 Å². The topological polar surface area (TPSA) is 29.9 Å². The third-order valence-corrected chi connectivity index (χ3v) is 4.14. The highest BCUT2D eigenvalue weighted by molar-refractivity contribution is 7.12. The normalized spacial score (nSPS) is 12.9. The average Bonchev–Trinajstić information content (AvgIpc) is 2.88. The molecular weight excluding hydrogens is 242 g/mol. The molecule has 0 aliphatic rings. The molecule has 2 aromatic heterocycles. The van der Waals surface area contributed by atoms with E-state index in [9.17, 15) is 0 Å². The predicted molar refractivity (Wildman–Crippen MR) is 77.1 cm³/mol. The summed E-state index contributed by atoms with van der Waals surface area (Å²) in [7, 11) is 2.00. The maximum absolute atomic E-state index is 4.61. The van der Waals surface area contributed by atoms with Crippen LogP contribution in [0.15, 0.2) is 18.2 Å². The van der Waals surface area contributed by atoms with Crippen molar-refractivity contribution in [1.82, 2.24) is 15.1 Å². The largest absolute Gasteiger partial charge is 0.304 e. The van der Waals surface area contributed by atoms with E-state index in [2.05, 4.69) is 49.4 Å². The molecule has 0 aromatic carbocycles. The van der Waals surface area contributed by atoms with Crippen molar-refractivity contribution in [2.45, 2.75) is 33.2 Å². The third-order valence-electron chi connectivity index (χ3n) is 3.07. The molecule has 1 unspecified atom stereocenters. The molecule has 2 aromatic rings. The lowest BCUT2D eigenvalue weighted by Gasteiger charge is -2.14. The fourth-order valence-electron chi connectivity index (χ4n) is 1.98. The number of hydrogen-bond donors (Lipinski definition) is 1. The summed E-state index contributed by atoms with van der Waals surface area (Å²) in [5.41, 5.74) is 2.31. The van der Waals surface area contributed by atoms with E-state index in [-0.39, 0.29) is 6.04 Å². The molecule has 1 atom stereocenters. The Morgan fingerprint density at radius 1 is 1.39 bits per heavy atom. The zero-order chi connectivity index (χ0) is 13.1. The molecule has 2 heterocycles. The Morgan fingerprint density at radius 3 is 2.67 bits per heavy atom.